The zero-order valence-electron chi connectivity index (χ0n) is 13.0. The second-order valence-electron chi connectivity index (χ2n) is 6.55. The molecule has 1 aromatic rings. The predicted octanol–water partition coefficient (Wildman–Crippen LogP) is 0.874. The molecule has 2 amide bonds. The molecule has 2 aliphatic heterocycles. The van der Waals surface area contributed by atoms with Crippen molar-refractivity contribution in [2.75, 3.05) is 20.2 Å². The van der Waals surface area contributed by atoms with E-state index < -0.39 is 5.54 Å². The van der Waals surface area contributed by atoms with Crippen molar-refractivity contribution in [2.45, 2.75) is 25.4 Å². The summed E-state index contributed by atoms with van der Waals surface area (Å²) >= 11 is 0. The molecule has 2 heterocycles. The lowest BCUT2D eigenvalue weighted by molar-refractivity contribution is -0.161. The van der Waals surface area contributed by atoms with E-state index in [9.17, 15) is 14.7 Å². The largest absolute Gasteiger partial charge is 0.396 e. The Kier molecular flexibility index (Phi) is 3.78. The fraction of sp³-hybridized carbons (Fsp3) is 0.529. The van der Waals surface area contributed by atoms with E-state index in [0.717, 1.165) is 5.56 Å². The molecular weight excluding hydrogens is 280 g/mol. The summed E-state index contributed by atoms with van der Waals surface area (Å²) in [7, 11) is 1.90. The molecule has 0 unspecified atom stereocenters. The number of rotatable bonds is 3. The maximum Gasteiger partial charge on any atom is 0.250 e. The van der Waals surface area contributed by atoms with Crippen LogP contribution in [0.15, 0.2) is 30.3 Å². The molecule has 5 nitrogen and oxygen atoms in total. The fourth-order valence-electron chi connectivity index (χ4n) is 3.89. The summed E-state index contributed by atoms with van der Waals surface area (Å²) in [6.07, 6.45) is 0.324. The number of amides is 2. The summed E-state index contributed by atoms with van der Waals surface area (Å²) in [6, 6.07) is 9.56. The van der Waals surface area contributed by atoms with Gasteiger partial charge >= 0.3 is 0 Å². The first-order valence-corrected chi connectivity index (χ1v) is 7.69. The Labute approximate surface area is 130 Å². The topological polar surface area (TPSA) is 60.9 Å². The summed E-state index contributed by atoms with van der Waals surface area (Å²) in [4.78, 5) is 28.8. The maximum atomic E-state index is 13.0. The Morgan fingerprint density at radius 1 is 1.27 bits per heavy atom. The highest BCUT2D eigenvalue weighted by Crippen LogP contribution is 2.44. The van der Waals surface area contributed by atoms with Crippen molar-refractivity contribution in [1.82, 2.24) is 9.80 Å². The summed E-state index contributed by atoms with van der Waals surface area (Å²) in [5.74, 6) is -0.391. The number of benzene rings is 1. The lowest BCUT2D eigenvalue weighted by Gasteiger charge is -2.44. The molecule has 3 atom stereocenters. The quantitative estimate of drug-likeness (QED) is 0.842. The normalized spacial score (nSPS) is 32.4. The molecule has 0 bridgehead atoms. The Morgan fingerprint density at radius 3 is 2.59 bits per heavy atom. The average molecular weight is 302 g/mol. The van der Waals surface area contributed by atoms with E-state index in [1.165, 1.54) is 4.90 Å². The number of carbonyl (C=O) groups is 2. The molecule has 1 aromatic carbocycles. The zero-order chi connectivity index (χ0) is 15.9. The van der Waals surface area contributed by atoms with Gasteiger partial charge in [0.1, 0.15) is 5.54 Å². The number of piperidine rings is 1. The van der Waals surface area contributed by atoms with E-state index in [2.05, 4.69) is 0 Å². The third kappa shape index (κ3) is 2.16. The van der Waals surface area contributed by atoms with Crippen LogP contribution in [-0.4, -0.2) is 52.5 Å². The van der Waals surface area contributed by atoms with Crippen molar-refractivity contribution in [1.29, 1.82) is 0 Å². The molecule has 2 fully saturated rings. The fourth-order valence-corrected chi connectivity index (χ4v) is 3.89. The van der Waals surface area contributed by atoms with E-state index in [1.807, 2.05) is 49.2 Å². The molecule has 0 spiro atoms. The smallest absolute Gasteiger partial charge is 0.250 e. The summed E-state index contributed by atoms with van der Waals surface area (Å²) in [6.45, 7) is 2.89. The Hall–Kier alpha value is -1.72. The standard InChI is InChI=1S/C17H22N2O3/c1-17-14(13(11-20)10-18(17)2)8-15(21)19(16(17)22)9-12-6-4-3-5-7-12/h3-7,13-14,20H,8-11H2,1-2H3/t13-,14-,17+/m1/s1. The van der Waals surface area contributed by atoms with Gasteiger partial charge in [-0.2, -0.15) is 0 Å². The van der Waals surface area contributed by atoms with Crippen molar-refractivity contribution in [3.05, 3.63) is 35.9 Å². The van der Waals surface area contributed by atoms with Gasteiger partial charge in [-0.05, 0) is 19.5 Å². The molecule has 1 N–H and O–H groups in total. The average Bonchev–Trinajstić information content (AvgIpc) is 2.77. The molecule has 0 aromatic heterocycles. The number of carbonyl (C=O) groups excluding carboxylic acids is 2. The Bertz CT molecular complexity index is 589. The summed E-state index contributed by atoms with van der Waals surface area (Å²) < 4.78 is 0. The van der Waals surface area contributed by atoms with E-state index in [0.29, 0.717) is 19.5 Å². The second kappa shape index (κ2) is 5.48. The number of aliphatic hydroxyl groups is 1. The van der Waals surface area contributed by atoms with Gasteiger partial charge in [-0.25, -0.2) is 0 Å². The van der Waals surface area contributed by atoms with Crippen molar-refractivity contribution in [3.8, 4) is 0 Å². The number of nitrogens with zero attached hydrogens (tertiary/aromatic N) is 2. The van der Waals surface area contributed by atoms with Crippen LogP contribution in [0.1, 0.15) is 18.9 Å². The van der Waals surface area contributed by atoms with Crippen LogP contribution in [0.2, 0.25) is 0 Å². The van der Waals surface area contributed by atoms with Crippen molar-refractivity contribution in [3.63, 3.8) is 0 Å². The second-order valence-corrected chi connectivity index (χ2v) is 6.55. The third-order valence-electron chi connectivity index (χ3n) is 5.38. The third-order valence-corrected chi connectivity index (χ3v) is 5.38. The van der Waals surface area contributed by atoms with Crippen LogP contribution in [0.4, 0.5) is 0 Å². The van der Waals surface area contributed by atoms with E-state index >= 15 is 0 Å². The van der Waals surface area contributed by atoms with Gasteiger partial charge < -0.3 is 5.11 Å². The van der Waals surface area contributed by atoms with E-state index in [1.54, 1.807) is 0 Å². The van der Waals surface area contributed by atoms with Gasteiger partial charge in [0.15, 0.2) is 0 Å². The van der Waals surface area contributed by atoms with Gasteiger partial charge in [0.2, 0.25) is 11.8 Å². The maximum absolute atomic E-state index is 13.0. The van der Waals surface area contributed by atoms with Gasteiger partial charge in [0, 0.05) is 31.4 Å². The zero-order valence-corrected chi connectivity index (χ0v) is 13.0. The molecule has 22 heavy (non-hydrogen) atoms. The van der Waals surface area contributed by atoms with Crippen LogP contribution in [-0.2, 0) is 16.1 Å². The number of likely N-dealkylation sites (tertiary alicyclic amines) is 2. The van der Waals surface area contributed by atoms with Gasteiger partial charge in [0.25, 0.3) is 0 Å². The predicted molar refractivity (Wildman–Crippen MR) is 81.7 cm³/mol. The van der Waals surface area contributed by atoms with Crippen LogP contribution in [0, 0.1) is 11.8 Å². The van der Waals surface area contributed by atoms with Gasteiger partial charge in [-0.1, -0.05) is 30.3 Å². The molecule has 5 heteroatoms. The van der Waals surface area contributed by atoms with Gasteiger partial charge in [-0.15, -0.1) is 0 Å². The van der Waals surface area contributed by atoms with Crippen LogP contribution >= 0.6 is 0 Å². The minimum Gasteiger partial charge on any atom is -0.396 e. The Balaban J connectivity index is 1.89. The van der Waals surface area contributed by atoms with Crippen molar-refractivity contribution >= 4 is 11.8 Å². The number of imide groups is 1. The molecule has 0 aliphatic carbocycles. The Morgan fingerprint density at radius 2 is 1.95 bits per heavy atom. The molecular formula is C17H22N2O3. The lowest BCUT2D eigenvalue weighted by Crippen LogP contribution is -2.62. The molecule has 0 saturated carbocycles. The summed E-state index contributed by atoms with van der Waals surface area (Å²) in [5.41, 5.74) is 0.251. The van der Waals surface area contributed by atoms with Crippen LogP contribution < -0.4 is 0 Å². The molecule has 2 aliphatic rings. The highest BCUT2D eigenvalue weighted by molar-refractivity contribution is 6.03. The highest BCUT2D eigenvalue weighted by atomic mass is 16.3. The first-order valence-electron chi connectivity index (χ1n) is 7.69. The van der Waals surface area contributed by atoms with Crippen molar-refractivity contribution < 1.29 is 14.7 Å². The lowest BCUT2D eigenvalue weighted by atomic mass is 9.75. The SMILES string of the molecule is CN1C[C@H](CO)[C@H]2CC(=O)N(Cc3ccccc3)C(=O)[C@]21C. The molecule has 2 saturated heterocycles. The minimum absolute atomic E-state index is 0.0122. The monoisotopic (exact) mass is 302 g/mol. The number of fused-ring (bicyclic) bond motifs is 1. The van der Waals surface area contributed by atoms with E-state index in [4.69, 9.17) is 0 Å². The summed E-state index contributed by atoms with van der Waals surface area (Å²) in [5, 5.41) is 9.55. The first kappa shape index (κ1) is 15.2. The van der Waals surface area contributed by atoms with E-state index in [-0.39, 0.29) is 30.3 Å². The minimum atomic E-state index is -0.698. The van der Waals surface area contributed by atoms with Crippen LogP contribution in [0.3, 0.4) is 0 Å². The van der Waals surface area contributed by atoms with Crippen LogP contribution in [0.25, 0.3) is 0 Å². The number of hydrogen-bond donors (Lipinski definition) is 1. The number of likely N-dealkylation sites (N-methyl/N-ethyl adjacent to an activating group) is 1. The molecule has 0 radical (unpaired) electrons. The van der Waals surface area contributed by atoms with Gasteiger partial charge in [-0.3, -0.25) is 19.4 Å². The van der Waals surface area contributed by atoms with Gasteiger partial charge in [0.05, 0.1) is 6.54 Å². The van der Waals surface area contributed by atoms with Crippen LogP contribution in [0.5, 0.6) is 0 Å². The van der Waals surface area contributed by atoms with Crippen molar-refractivity contribution in [2.24, 2.45) is 11.8 Å². The molecule has 3 rings (SSSR count). The number of hydrogen-bond acceptors (Lipinski definition) is 4. The number of aliphatic hydroxyl groups excluding tert-OH is 1. The highest BCUT2D eigenvalue weighted by Gasteiger charge is 2.59. The first-order chi connectivity index (χ1) is 10.5. The molecule has 118 valence electrons.